The van der Waals surface area contributed by atoms with E-state index in [2.05, 4.69) is 47.6 Å². The van der Waals surface area contributed by atoms with Gasteiger partial charge >= 0.3 is 0 Å². The molecule has 7 atom stereocenters. The summed E-state index contributed by atoms with van der Waals surface area (Å²) in [5.41, 5.74) is 7.36. The standard InChI is InChI=1S/C30H48O3/c1-18(17-31)9-8-10-19(2)27-24(32)16-30(7)22-11-12-23-26(21(22)13-14-29(27,30)6)20(3)15-25(33)28(23,4)5/h9,19,23-25,27,31-33H,8,10-17H2,1-7H3/b18-9-/t19-,23-,24+,25+,27+,29-,30+/m1/s1. The van der Waals surface area contributed by atoms with E-state index in [0.717, 1.165) is 56.9 Å². The highest BCUT2D eigenvalue weighted by Gasteiger charge is 2.63. The molecule has 0 heterocycles. The topological polar surface area (TPSA) is 60.7 Å². The average Bonchev–Trinajstić information content (AvgIpc) is 2.96. The van der Waals surface area contributed by atoms with E-state index in [0.29, 0.717) is 17.8 Å². The first-order valence-corrected chi connectivity index (χ1v) is 13.4. The van der Waals surface area contributed by atoms with E-state index in [1.54, 1.807) is 16.7 Å². The molecule has 4 aliphatic rings. The molecule has 3 N–H and O–H groups in total. The van der Waals surface area contributed by atoms with Gasteiger partial charge in [0.2, 0.25) is 0 Å². The lowest BCUT2D eigenvalue weighted by molar-refractivity contribution is -0.00653. The van der Waals surface area contributed by atoms with Crippen LogP contribution in [0.4, 0.5) is 0 Å². The largest absolute Gasteiger partial charge is 0.393 e. The monoisotopic (exact) mass is 456 g/mol. The first-order chi connectivity index (χ1) is 15.4. The summed E-state index contributed by atoms with van der Waals surface area (Å²) in [4.78, 5) is 0. The van der Waals surface area contributed by atoms with Gasteiger partial charge in [-0.1, -0.05) is 57.4 Å². The summed E-state index contributed by atoms with van der Waals surface area (Å²) >= 11 is 0. The van der Waals surface area contributed by atoms with Crippen LogP contribution in [0.3, 0.4) is 0 Å². The van der Waals surface area contributed by atoms with E-state index in [9.17, 15) is 15.3 Å². The molecule has 0 aliphatic heterocycles. The van der Waals surface area contributed by atoms with Gasteiger partial charge in [0.05, 0.1) is 18.8 Å². The molecule has 186 valence electrons. The van der Waals surface area contributed by atoms with Gasteiger partial charge in [-0.05, 0) is 110 Å². The van der Waals surface area contributed by atoms with Crippen LogP contribution in [0.15, 0.2) is 33.9 Å². The van der Waals surface area contributed by atoms with Crippen molar-refractivity contribution < 1.29 is 15.3 Å². The van der Waals surface area contributed by atoms with E-state index >= 15 is 0 Å². The highest BCUT2D eigenvalue weighted by Crippen LogP contribution is 2.70. The van der Waals surface area contributed by atoms with Crippen LogP contribution < -0.4 is 0 Å². The predicted octanol–water partition coefficient (Wildman–Crippen LogP) is 6.34. The molecule has 0 aromatic carbocycles. The van der Waals surface area contributed by atoms with Crippen molar-refractivity contribution in [3.63, 3.8) is 0 Å². The van der Waals surface area contributed by atoms with Crippen molar-refractivity contribution in [3.8, 4) is 0 Å². The normalized spacial score (nSPS) is 41.6. The SMILES string of the molecule is CC1=C2C3=C(CC[C@H]2C(C)(C)[C@@H](O)C1)[C@]1(C)C[C@H](O)[C@H]([C@H](C)CC/C=C(/C)CO)[C@@]1(C)CC3. The molecule has 0 bridgehead atoms. The number of hydrogen-bond acceptors (Lipinski definition) is 3. The van der Waals surface area contributed by atoms with Crippen molar-refractivity contribution in [1.82, 2.24) is 0 Å². The van der Waals surface area contributed by atoms with Gasteiger partial charge < -0.3 is 15.3 Å². The highest BCUT2D eigenvalue weighted by atomic mass is 16.3. The molecule has 3 nitrogen and oxygen atoms in total. The Kier molecular flexibility index (Phi) is 6.60. The van der Waals surface area contributed by atoms with Crippen LogP contribution in [0.2, 0.25) is 0 Å². The maximum Gasteiger partial charge on any atom is 0.0639 e. The molecule has 0 aromatic heterocycles. The minimum absolute atomic E-state index is 0.0498. The smallest absolute Gasteiger partial charge is 0.0639 e. The summed E-state index contributed by atoms with van der Waals surface area (Å²) in [6.07, 6.45) is 9.89. The van der Waals surface area contributed by atoms with Crippen molar-refractivity contribution in [2.75, 3.05) is 6.61 Å². The zero-order valence-electron chi connectivity index (χ0n) is 22.2. The quantitative estimate of drug-likeness (QED) is 0.423. The van der Waals surface area contributed by atoms with Crippen LogP contribution in [0, 0.1) is 34.0 Å². The van der Waals surface area contributed by atoms with Crippen LogP contribution in [-0.2, 0) is 0 Å². The van der Waals surface area contributed by atoms with Gasteiger partial charge in [-0.2, -0.15) is 0 Å². The second kappa shape index (κ2) is 8.64. The number of aliphatic hydroxyl groups excluding tert-OH is 3. The lowest BCUT2D eigenvalue weighted by Gasteiger charge is -2.56. The minimum Gasteiger partial charge on any atom is -0.393 e. The molecule has 3 heteroatoms. The maximum atomic E-state index is 11.4. The van der Waals surface area contributed by atoms with Crippen molar-refractivity contribution in [2.24, 2.45) is 34.0 Å². The van der Waals surface area contributed by atoms with Crippen LogP contribution in [0.1, 0.15) is 99.8 Å². The summed E-state index contributed by atoms with van der Waals surface area (Å²) in [6, 6.07) is 0. The number of fused-ring (bicyclic) bond motifs is 4. The van der Waals surface area contributed by atoms with Crippen molar-refractivity contribution in [2.45, 2.75) is 112 Å². The average molecular weight is 457 g/mol. The first kappa shape index (κ1) is 25.2. The lowest BCUT2D eigenvalue weighted by Crippen LogP contribution is -2.48. The third-order valence-corrected chi connectivity index (χ3v) is 11.0. The molecular formula is C30H48O3. The fraction of sp³-hybridized carbons (Fsp3) is 0.800. The van der Waals surface area contributed by atoms with Gasteiger partial charge in [0.25, 0.3) is 0 Å². The zero-order chi connectivity index (χ0) is 24.3. The molecule has 0 amide bonds. The molecule has 0 unspecified atom stereocenters. The van der Waals surface area contributed by atoms with Crippen molar-refractivity contribution in [1.29, 1.82) is 0 Å². The first-order valence-electron chi connectivity index (χ1n) is 13.4. The third kappa shape index (κ3) is 3.72. The molecule has 0 aromatic rings. The van der Waals surface area contributed by atoms with Crippen LogP contribution in [0.25, 0.3) is 0 Å². The third-order valence-electron chi connectivity index (χ3n) is 11.0. The van der Waals surface area contributed by atoms with Crippen molar-refractivity contribution in [3.05, 3.63) is 33.9 Å². The van der Waals surface area contributed by atoms with Gasteiger partial charge in [-0.15, -0.1) is 0 Å². The number of aliphatic hydroxyl groups is 3. The summed E-state index contributed by atoms with van der Waals surface area (Å²) in [5.74, 6) is 1.23. The molecule has 4 rings (SSSR count). The Balaban J connectivity index is 1.68. The number of allylic oxidation sites excluding steroid dienone is 4. The van der Waals surface area contributed by atoms with Gasteiger partial charge in [0.1, 0.15) is 0 Å². The highest BCUT2D eigenvalue weighted by molar-refractivity contribution is 5.50. The van der Waals surface area contributed by atoms with E-state index in [1.165, 1.54) is 5.57 Å². The molecule has 0 spiro atoms. The predicted molar refractivity (Wildman–Crippen MR) is 136 cm³/mol. The number of rotatable bonds is 5. The molecule has 1 saturated carbocycles. The zero-order valence-corrected chi connectivity index (χ0v) is 22.2. The van der Waals surface area contributed by atoms with Crippen LogP contribution >= 0.6 is 0 Å². The summed E-state index contributed by atoms with van der Waals surface area (Å²) in [7, 11) is 0. The summed E-state index contributed by atoms with van der Waals surface area (Å²) in [5, 5.41) is 31.6. The van der Waals surface area contributed by atoms with Crippen LogP contribution in [-0.4, -0.2) is 34.1 Å². The van der Waals surface area contributed by atoms with Gasteiger partial charge in [0.15, 0.2) is 0 Å². The Morgan fingerprint density at radius 3 is 2.52 bits per heavy atom. The molecule has 33 heavy (non-hydrogen) atoms. The Bertz CT molecular complexity index is 877. The van der Waals surface area contributed by atoms with E-state index in [1.807, 2.05) is 6.92 Å². The molecular weight excluding hydrogens is 408 g/mol. The second-order valence-corrected chi connectivity index (χ2v) is 13.1. The summed E-state index contributed by atoms with van der Waals surface area (Å²) in [6.45, 7) is 16.2. The maximum absolute atomic E-state index is 11.4. The second-order valence-electron chi connectivity index (χ2n) is 13.1. The summed E-state index contributed by atoms with van der Waals surface area (Å²) < 4.78 is 0. The molecule has 0 saturated heterocycles. The van der Waals surface area contributed by atoms with Gasteiger partial charge in [0, 0.05) is 0 Å². The van der Waals surface area contributed by atoms with Crippen molar-refractivity contribution >= 4 is 0 Å². The number of hydrogen-bond donors (Lipinski definition) is 3. The lowest BCUT2D eigenvalue weighted by atomic mass is 9.48. The van der Waals surface area contributed by atoms with Gasteiger partial charge in [-0.25, -0.2) is 0 Å². The Hall–Kier alpha value is -0.900. The molecule has 4 aliphatic carbocycles. The van der Waals surface area contributed by atoms with Crippen LogP contribution in [0.5, 0.6) is 0 Å². The van der Waals surface area contributed by atoms with E-state index in [-0.39, 0.29) is 35.1 Å². The molecule has 1 fully saturated rings. The fourth-order valence-corrected chi connectivity index (χ4v) is 8.76. The Morgan fingerprint density at radius 2 is 1.85 bits per heavy atom. The fourth-order valence-electron chi connectivity index (χ4n) is 8.76. The molecule has 0 radical (unpaired) electrons. The Labute approximate surface area is 202 Å². The van der Waals surface area contributed by atoms with E-state index < -0.39 is 0 Å². The Morgan fingerprint density at radius 1 is 1.15 bits per heavy atom. The minimum atomic E-state index is -0.250. The van der Waals surface area contributed by atoms with E-state index in [4.69, 9.17) is 0 Å². The van der Waals surface area contributed by atoms with Gasteiger partial charge in [-0.3, -0.25) is 0 Å².